The summed E-state index contributed by atoms with van der Waals surface area (Å²) in [6.45, 7) is 15.7. The van der Waals surface area contributed by atoms with E-state index in [-0.39, 0.29) is 34.6 Å². The summed E-state index contributed by atoms with van der Waals surface area (Å²) in [5, 5.41) is 7.14. The van der Waals surface area contributed by atoms with Crippen molar-refractivity contribution in [2.24, 2.45) is 0 Å². The second-order valence-corrected chi connectivity index (χ2v) is 15.1. The molecule has 4 amide bonds. The van der Waals surface area contributed by atoms with E-state index >= 15 is 0 Å². The van der Waals surface area contributed by atoms with Crippen molar-refractivity contribution in [1.82, 2.24) is 14.7 Å². The van der Waals surface area contributed by atoms with Crippen LogP contribution in [0.2, 0.25) is 5.02 Å². The molecule has 4 aromatic rings. The number of carbonyl (C=O) groups excluding carboxylic acids is 3. The third-order valence-electron chi connectivity index (χ3n) is 8.31. The van der Waals surface area contributed by atoms with Crippen LogP contribution in [0.4, 0.5) is 21.9 Å². The molecular weight excluding hydrogens is 795 g/mol. The Hall–Kier alpha value is -4.40. The van der Waals surface area contributed by atoms with Gasteiger partial charge in [-0.3, -0.25) is 9.59 Å². The van der Waals surface area contributed by atoms with Gasteiger partial charge in [0.25, 0.3) is 0 Å². The number of rotatable bonds is 12. The summed E-state index contributed by atoms with van der Waals surface area (Å²) >= 11 is 17.5. The molecule has 0 bridgehead atoms. The van der Waals surface area contributed by atoms with E-state index in [2.05, 4.69) is 10.4 Å². The fraction of sp³-hybridized carbons (Fsp3) is 0.439. The summed E-state index contributed by atoms with van der Waals surface area (Å²) in [4.78, 5) is 52.1. The standard InChI is InChI=1S/C15H19ClN4O3.2C13H18ClNO2/c1-15(2,3)12-18-20(14(22)23-12)11-7-6-9(8-10(11)16)17-13(21)19(4)5;2*1-10-5-4-6-11(2)13(10)15(7-8-17-3)12(16)9-14/h6-8H,1-5H3,(H,17,21);2*4-6H,7-9H2,1-3H3. The van der Waals surface area contributed by atoms with Gasteiger partial charge < -0.3 is 33.9 Å². The van der Waals surface area contributed by atoms with Crippen molar-refractivity contribution >= 4 is 69.7 Å². The molecule has 1 aromatic heterocycles. The predicted molar refractivity (Wildman–Crippen MR) is 230 cm³/mol. The summed E-state index contributed by atoms with van der Waals surface area (Å²) in [6, 6.07) is 16.4. The molecular formula is C41H55Cl3N6O7. The first-order chi connectivity index (χ1) is 26.8. The zero-order valence-electron chi connectivity index (χ0n) is 34.7. The summed E-state index contributed by atoms with van der Waals surface area (Å²) in [7, 11) is 6.50. The molecule has 0 aliphatic heterocycles. The number of methoxy groups -OCH3 is 2. The van der Waals surface area contributed by atoms with Gasteiger partial charge in [-0.2, -0.15) is 4.68 Å². The maximum absolute atomic E-state index is 12.0. The molecule has 13 nitrogen and oxygen atoms in total. The van der Waals surface area contributed by atoms with Crippen molar-refractivity contribution < 1.29 is 28.3 Å². The number of nitrogens with one attached hydrogen (secondary N) is 1. The number of ether oxygens (including phenoxy) is 2. The highest BCUT2D eigenvalue weighted by Crippen LogP contribution is 2.27. The van der Waals surface area contributed by atoms with Crippen LogP contribution in [0.25, 0.3) is 5.69 Å². The molecule has 16 heteroatoms. The molecule has 0 aliphatic rings. The van der Waals surface area contributed by atoms with Crippen molar-refractivity contribution in [2.45, 2.75) is 53.9 Å². The number of benzene rings is 3. The van der Waals surface area contributed by atoms with Gasteiger partial charge in [0.1, 0.15) is 11.8 Å². The van der Waals surface area contributed by atoms with E-state index in [0.29, 0.717) is 43.6 Å². The molecule has 0 radical (unpaired) electrons. The van der Waals surface area contributed by atoms with E-state index in [1.807, 2.05) is 84.9 Å². The van der Waals surface area contributed by atoms with Gasteiger partial charge in [0.15, 0.2) is 0 Å². The summed E-state index contributed by atoms with van der Waals surface area (Å²) in [5.74, 6) is -0.512. The minimum atomic E-state index is -0.609. The van der Waals surface area contributed by atoms with Crippen LogP contribution in [0.3, 0.4) is 0 Å². The lowest BCUT2D eigenvalue weighted by Gasteiger charge is -2.25. The zero-order valence-corrected chi connectivity index (χ0v) is 36.9. The first-order valence-corrected chi connectivity index (χ1v) is 19.5. The Morgan fingerprint density at radius 3 is 1.56 bits per heavy atom. The Balaban J connectivity index is 0.000000301. The maximum atomic E-state index is 12.0. The van der Waals surface area contributed by atoms with Gasteiger partial charge >= 0.3 is 11.8 Å². The molecule has 1 heterocycles. The van der Waals surface area contributed by atoms with Crippen LogP contribution in [0.5, 0.6) is 0 Å². The van der Waals surface area contributed by atoms with Crippen LogP contribution < -0.4 is 20.9 Å². The molecule has 0 unspecified atom stereocenters. The largest absolute Gasteiger partial charge is 0.442 e. The minimum absolute atomic E-state index is 0.0164. The number of halogens is 3. The number of hydrogen-bond donors (Lipinski definition) is 1. The van der Waals surface area contributed by atoms with E-state index < -0.39 is 11.2 Å². The van der Waals surface area contributed by atoms with Gasteiger partial charge in [0.05, 0.1) is 23.9 Å². The number of alkyl halides is 2. The van der Waals surface area contributed by atoms with Crippen LogP contribution in [-0.4, -0.2) is 98.9 Å². The first kappa shape index (κ1) is 48.7. The van der Waals surface area contributed by atoms with E-state index in [1.54, 1.807) is 56.3 Å². The molecule has 0 fully saturated rings. The van der Waals surface area contributed by atoms with Crippen molar-refractivity contribution in [3.63, 3.8) is 0 Å². The highest BCUT2D eigenvalue weighted by atomic mass is 35.5. The van der Waals surface area contributed by atoms with E-state index in [0.717, 1.165) is 38.3 Å². The molecule has 312 valence electrons. The van der Waals surface area contributed by atoms with Crippen LogP contribution in [0.1, 0.15) is 48.9 Å². The zero-order chi connectivity index (χ0) is 43.0. The van der Waals surface area contributed by atoms with Crippen molar-refractivity contribution in [1.29, 1.82) is 0 Å². The third-order valence-corrected chi connectivity index (χ3v) is 9.07. The Morgan fingerprint density at radius 1 is 0.789 bits per heavy atom. The van der Waals surface area contributed by atoms with Crippen molar-refractivity contribution in [3.8, 4) is 5.69 Å². The Kier molecular flexibility index (Phi) is 19.8. The Morgan fingerprint density at radius 2 is 1.23 bits per heavy atom. The summed E-state index contributed by atoms with van der Waals surface area (Å²) < 4.78 is 16.4. The number of aromatic nitrogens is 2. The lowest BCUT2D eigenvalue weighted by Crippen LogP contribution is -2.35. The monoisotopic (exact) mass is 848 g/mol. The quantitative estimate of drug-likeness (QED) is 0.142. The molecule has 3 aromatic carbocycles. The molecule has 57 heavy (non-hydrogen) atoms. The molecule has 1 N–H and O–H groups in total. The van der Waals surface area contributed by atoms with Crippen LogP contribution >= 0.6 is 34.8 Å². The van der Waals surface area contributed by atoms with E-state index in [1.165, 1.54) is 4.90 Å². The van der Waals surface area contributed by atoms with Gasteiger partial charge in [-0.15, -0.1) is 28.3 Å². The number of aryl methyl sites for hydroxylation is 4. The van der Waals surface area contributed by atoms with Crippen LogP contribution in [0.15, 0.2) is 63.8 Å². The van der Waals surface area contributed by atoms with Crippen molar-refractivity contribution in [3.05, 3.63) is 98.3 Å². The number of para-hydroxylation sites is 2. The van der Waals surface area contributed by atoms with Gasteiger partial charge in [0, 0.05) is 63.9 Å². The highest BCUT2D eigenvalue weighted by Gasteiger charge is 2.24. The third kappa shape index (κ3) is 14.2. The average molecular weight is 850 g/mol. The number of amides is 4. The minimum Gasteiger partial charge on any atom is -0.391 e. The second-order valence-electron chi connectivity index (χ2n) is 14.2. The number of nitrogens with zero attached hydrogens (tertiary/aromatic N) is 5. The molecule has 0 aliphatic carbocycles. The van der Waals surface area contributed by atoms with Crippen molar-refractivity contribution in [2.75, 3.05) is 81.5 Å². The van der Waals surface area contributed by atoms with Crippen LogP contribution in [0, 0.1) is 27.7 Å². The van der Waals surface area contributed by atoms with E-state index in [4.69, 9.17) is 48.7 Å². The number of urea groups is 1. The molecule has 0 atom stereocenters. The van der Waals surface area contributed by atoms with Gasteiger partial charge in [0.2, 0.25) is 17.7 Å². The maximum Gasteiger partial charge on any atom is 0.442 e. The topological polar surface area (TPSA) is 139 Å². The Labute approximate surface area is 350 Å². The second kappa shape index (κ2) is 23.1. The van der Waals surface area contributed by atoms with E-state index in [9.17, 15) is 19.2 Å². The number of hydrogen-bond acceptors (Lipinski definition) is 8. The smallest absolute Gasteiger partial charge is 0.391 e. The first-order valence-electron chi connectivity index (χ1n) is 18.0. The lowest BCUT2D eigenvalue weighted by molar-refractivity contribution is -0.117. The van der Waals surface area contributed by atoms with Gasteiger partial charge in [-0.1, -0.05) is 68.8 Å². The lowest BCUT2D eigenvalue weighted by atomic mass is 9.97. The van der Waals surface area contributed by atoms with Gasteiger partial charge in [-0.05, 0) is 68.1 Å². The predicted octanol–water partition coefficient (Wildman–Crippen LogP) is 7.91. The summed E-state index contributed by atoms with van der Waals surface area (Å²) in [5.41, 5.74) is 6.67. The average Bonchev–Trinajstić information content (AvgIpc) is 3.55. The normalized spacial score (nSPS) is 10.8. The fourth-order valence-electron chi connectivity index (χ4n) is 5.42. The summed E-state index contributed by atoms with van der Waals surface area (Å²) in [6.07, 6.45) is 0. The SMILES string of the molecule is CN(C)C(=O)Nc1ccc(-n2nc(C(C)(C)C)oc2=O)c(Cl)c1.COCCN(C(=O)CCl)c1c(C)cccc1C.COCCN(C(=O)CCl)c1c(C)cccc1C. The molecule has 4 rings (SSSR count). The molecule has 0 saturated carbocycles. The molecule has 0 saturated heterocycles. The number of carbonyl (C=O) groups is 3. The number of anilines is 3. The fourth-order valence-corrected chi connectivity index (χ4v) is 5.97. The Bertz CT molecular complexity index is 1890. The highest BCUT2D eigenvalue weighted by molar-refractivity contribution is 6.32. The van der Waals surface area contributed by atoms with Crippen LogP contribution in [-0.2, 0) is 24.5 Å². The molecule has 0 spiro atoms. The van der Waals surface area contributed by atoms with Gasteiger partial charge in [-0.25, -0.2) is 9.59 Å².